The molecule has 3 heterocycles. The largest absolute Gasteiger partial charge is 0.459 e. The zero-order valence-corrected chi connectivity index (χ0v) is 19.8. The molecule has 7 nitrogen and oxygen atoms in total. The third-order valence-electron chi connectivity index (χ3n) is 5.42. The van der Waals surface area contributed by atoms with E-state index in [9.17, 15) is 39.9 Å². The van der Waals surface area contributed by atoms with Gasteiger partial charge in [-0.3, -0.25) is 4.79 Å². The molecule has 0 N–H and O–H groups in total. The number of alkyl halides is 8. The fourth-order valence-corrected chi connectivity index (χ4v) is 4.83. The van der Waals surface area contributed by atoms with Crippen LogP contribution in [0.5, 0.6) is 0 Å². The molecule has 196 valence electrons. The predicted molar refractivity (Wildman–Crippen MR) is 111 cm³/mol. The average molecular weight is 563 g/mol. The maximum atomic E-state index is 13.9. The molecule has 1 aliphatic rings. The van der Waals surface area contributed by atoms with Crippen LogP contribution in [-0.4, -0.2) is 54.3 Å². The van der Waals surface area contributed by atoms with Crippen LogP contribution in [0.4, 0.5) is 35.1 Å². The summed E-state index contributed by atoms with van der Waals surface area (Å²) >= 11 is 7.09. The Bertz CT molecular complexity index is 1310. The highest BCUT2D eigenvalue weighted by molar-refractivity contribution is 7.19. The zero-order chi connectivity index (χ0) is 26.8. The van der Waals surface area contributed by atoms with Gasteiger partial charge in [-0.2, -0.15) is 40.2 Å². The molecule has 1 aliphatic carbocycles. The van der Waals surface area contributed by atoms with Gasteiger partial charge in [-0.1, -0.05) is 16.8 Å². The molecule has 0 bridgehead atoms. The number of thiophene rings is 1. The van der Waals surface area contributed by atoms with Crippen LogP contribution < -0.4 is 0 Å². The lowest BCUT2D eigenvalue weighted by atomic mass is 10.1. The minimum absolute atomic E-state index is 0.0890. The molecule has 3 aromatic heterocycles. The molecule has 17 heteroatoms. The number of hydrogen-bond acceptors (Lipinski definition) is 5. The van der Waals surface area contributed by atoms with Crippen molar-refractivity contribution < 1.29 is 39.9 Å². The Morgan fingerprint density at radius 1 is 1.19 bits per heavy atom. The molecule has 1 saturated carbocycles. The third-order valence-corrected chi connectivity index (χ3v) is 6.80. The smallest absolute Gasteiger partial charge is 0.336 e. The quantitative estimate of drug-likeness (QED) is 0.363. The first-order valence-corrected chi connectivity index (χ1v) is 11.4. The fraction of sp³-hybridized carbons (Fsp3) is 0.474. The lowest BCUT2D eigenvalue weighted by Gasteiger charge is -2.19. The Balaban J connectivity index is 1.76. The Labute approximate surface area is 206 Å². The van der Waals surface area contributed by atoms with Gasteiger partial charge >= 0.3 is 18.3 Å². The summed E-state index contributed by atoms with van der Waals surface area (Å²) < 4.78 is 108. The number of rotatable bonds is 6. The second-order valence-corrected chi connectivity index (χ2v) is 9.56. The van der Waals surface area contributed by atoms with Crippen LogP contribution in [0.1, 0.15) is 41.4 Å². The van der Waals surface area contributed by atoms with Crippen molar-refractivity contribution in [1.82, 2.24) is 29.7 Å². The second-order valence-electron chi connectivity index (χ2n) is 7.91. The maximum Gasteiger partial charge on any atom is 0.459 e. The molecule has 4 rings (SSSR count). The monoisotopic (exact) mass is 562 g/mol. The van der Waals surface area contributed by atoms with Gasteiger partial charge < -0.3 is 4.90 Å². The molecule has 1 amide bonds. The van der Waals surface area contributed by atoms with E-state index in [0.29, 0.717) is 11.2 Å². The highest BCUT2D eigenvalue weighted by Gasteiger charge is 2.64. The van der Waals surface area contributed by atoms with Gasteiger partial charge in [0.2, 0.25) is 0 Å². The van der Waals surface area contributed by atoms with Gasteiger partial charge in [0.15, 0.2) is 11.5 Å². The van der Waals surface area contributed by atoms with Gasteiger partial charge in [-0.05, 0) is 25.8 Å². The Kier molecular flexibility index (Phi) is 6.34. The normalized spacial score (nSPS) is 15.0. The van der Waals surface area contributed by atoms with Crippen molar-refractivity contribution in [2.45, 2.75) is 44.1 Å². The van der Waals surface area contributed by atoms with Crippen LogP contribution in [0.25, 0.3) is 16.4 Å². The van der Waals surface area contributed by atoms with Crippen LogP contribution in [0.2, 0.25) is 4.34 Å². The minimum Gasteiger partial charge on any atom is -0.336 e. The van der Waals surface area contributed by atoms with Gasteiger partial charge in [-0.15, -0.1) is 16.4 Å². The van der Waals surface area contributed by atoms with E-state index >= 15 is 0 Å². The third kappa shape index (κ3) is 4.44. The molecule has 0 spiro atoms. The summed E-state index contributed by atoms with van der Waals surface area (Å²) in [4.78, 5) is 14.7. The van der Waals surface area contributed by atoms with Crippen LogP contribution in [0.3, 0.4) is 0 Å². The molecule has 0 saturated heterocycles. The molecule has 3 aromatic rings. The first-order valence-electron chi connectivity index (χ1n) is 10.2. The number of halogens is 9. The lowest BCUT2D eigenvalue weighted by Crippen LogP contribution is -2.36. The standard InChI is InChI=1S/C19H15ClF8N6OS/c1-3-33(8-4-5-8)16(35)9-6-11(36-14(9)20)10-7-34(31-29-10)15-12(18(23,24)25)13(30-32(15)2)17(21,22)19(26,27)28/h6-8H,3-5H2,1-2H3. The summed E-state index contributed by atoms with van der Waals surface area (Å²) in [6.07, 6.45) is -9.38. The number of aromatic nitrogens is 5. The number of carbonyl (C=O) groups is 1. The van der Waals surface area contributed by atoms with Gasteiger partial charge in [-0.25, -0.2) is 9.36 Å². The topological polar surface area (TPSA) is 68.8 Å². The van der Waals surface area contributed by atoms with Crippen LogP contribution in [0, 0.1) is 0 Å². The van der Waals surface area contributed by atoms with Crippen molar-refractivity contribution in [3.63, 3.8) is 0 Å². The van der Waals surface area contributed by atoms with E-state index in [1.807, 2.05) is 0 Å². The molecule has 0 aliphatic heterocycles. The van der Waals surface area contributed by atoms with E-state index in [4.69, 9.17) is 11.6 Å². The SMILES string of the molecule is CCN(C(=O)c1cc(-c2cn(-c3c(C(F)(F)F)c(C(F)(F)C(F)(F)F)nn3C)nn2)sc1Cl)C1CC1. The van der Waals surface area contributed by atoms with E-state index in [-0.39, 0.29) is 37.1 Å². The highest BCUT2D eigenvalue weighted by Crippen LogP contribution is 2.49. The van der Waals surface area contributed by atoms with Crippen molar-refractivity contribution in [1.29, 1.82) is 0 Å². The lowest BCUT2D eigenvalue weighted by molar-refractivity contribution is -0.292. The van der Waals surface area contributed by atoms with Crippen molar-refractivity contribution in [3.8, 4) is 16.4 Å². The van der Waals surface area contributed by atoms with E-state index in [1.54, 1.807) is 11.8 Å². The first kappa shape index (κ1) is 26.3. The zero-order valence-electron chi connectivity index (χ0n) is 18.3. The molecular weight excluding hydrogens is 548 g/mol. The summed E-state index contributed by atoms with van der Waals surface area (Å²) in [6.45, 7) is 2.23. The van der Waals surface area contributed by atoms with E-state index in [2.05, 4.69) is 15.4 Å². The van der Waals surface area contributed by atoms with Gasteiger partial charge in [0.05, 0.1) is 16.6 Å². The van der Waals surface area contributed by atoms with Crippen LogP contribution >= 0.6 is 22.9 Å². The van der Waals surface area contributed by atoms with Crippen molar-refractivity contribution in [2.24, 2.45) is 7.05 Å². The van der Waals surface area contributed by atoms with Gasteiger partial charge in [0.25, 0.3) is 5.91 Å². The predicted octanol–water partition coefficient (Wildman–Crippen LogP) is 5.68. The fourth-order valence-electron chi connectivity index (χ4n) is 3.62. The Morgan fingerprint density at radius 3 is 2.36 bits per heavy atom. The average Bonchev–Trinajstić information content (AvgIpc) is 3.17. The number of nitrogens with zero attached hydrogens (tertiary/aromatic N) is 6. The minimum atomic E-state index is -6.32. The summed E-state index contributed by atoms with van der Waals surface area (Å²) in [6, 6.07) is 1.46. The molecule has 0 aromatic carbocycles. The molecule has 0 atom stereocenters. The molecule has 36 heavy (non-hydrogen) atoms. The number of carbonyl (C=O) groups excluding carboxylic acids is 1. The van der Waals surface area contributed by atoms with E-state index < -0.39 is 35.4 Å². The summed E-state index contributed by atoms with van der Waals surface area (Å²) in [5, 5.41) is 10.0. The summed E-state index contributed by atoms with van der Waals surface area (Å²) in [5.74, 6) is -7.43. The van der Waals surface area contributed by atoms with E-state index in [0.717, 1.165) is 37.4 Å². The number of aryl methyl sites for hydroxylation is 1. The van der Waals surface area contributed by atoms with Crippen molar-refractivity contribution in [2.75, 3.05) is 6.54 Å². The first-order chi connectivity index (χ1) is 16.6. The van der Waals surface area contributed by atoms with Gasteiger partial charge in [0, 0.05) is 19.6 Å². The number of amides is 1. The molecule has 0 radical (unpaired) electrons. The van der Waals surface area contributed by atoms with Crippen molar-refractivity contribution in [3.05, 3.63) is 33.4 Å². The van der Waals surface area contributed by atoms with Crippen LogP contribution in [-0.2, 0) is 19.1 Å². The molecule has 1 fully saturated rings. The maximum absolute atomic E-state index is 13.9. The summed E-state index contributed by atoms with van der Waals surface area (Å²) in [7, 11) is 0.762. The number of hydrogen-bond donors (Lipinski definition) is 0. The summed E-state index contributed by atoms with van der Waals surface area (Å²) in [5.41, 5.74) is -4.77. The van der Waals surface area contributed by atoms with Crippen LogP contribution in [0.15, 0.2) is 12.3 Å². The second kappa shape index (κ2) is 8.68. The van der Waals surface area contributed by atoms with Crippen molar-refractivity contribution >= 4 is 28.8 Å². The Hall–Kier alpha value is -2.75. The molecular formula is C19H15ClF8N6OS. The van der Waals surface area contributed by atoms with E-state index in [1.165, 1.54) is 6.07 Å². The molecule has 0 unspecified atom stereocenters. The Morgan fingerprint density at radius 2 is 1.83 bits per heavy atom. The van der Waals surface area contributed by atoms with Gasteiger partial charge in [0.1, 0.15) is 15.6 Å². The highest BCUT2D eigenvalue weighted by atomic mass is 35.5.